The van der Waals surface area contributed by atoms with Gasteiger partial charge in [-0.05, 0) is 52.0 Å². The first-order valence-corrected chi connectivity index (χ1v) is 6.81. The Bertz CT molecular complexity index is 723. The molecule has 21 heavy (non-hydrogen) atoms. The molecule has 1 atom stereocenters. The normalized spacial score (nSPS) is 11.8. The Kier molecular flexibility index (Phi) is 4.13. The second kappa shape index (κ2) is 5.84. The van der Waals surface area contributed by atoms with E-state index in [1.807, 2.05) is 26.8 Å². The predicted octanol–water partition coefficient (Wildman–Crippen LogP) is 4.14. The van der Waals surface area contributed by atoms with Gasteiger partial charge in [0.2, 0.25) is 0 Å². The maximum atomic E-state index is 11.5. The summed E-state index contributed by atoms with van der Waals surface area (Å²) in [5, 5.41) is 12.5. The van der Waals surface area contributed by atoms with Gasteiger partial charge in [-0.3, -0.25) is 4.79 Å². The zero-order valence-electron chi connectivity index (χ0n) is 12.7. The molecule has 0 radical (unpaired) electrons. The molecule has 0 spiro atoms. The molecule has 0 bridgehead atoms. The van der Waals surface area contributed by atoms with Crippen molar-refractivity contribution < 1.29 is 9.21 Å². The average molecular weight is 282 g/mol. The summed E-state index contributed by atoms with van der Waals surface area (Å²) in [6, 6.07) is 9.16. The first-order valence-electron chi connectivity index (χ1n) is 6.81. The molecule has 0 aliphatic carbocycles. The molecule has 4 nitrogen and oxygen atoms in total. The number of carbonyl (C=O) groups excluding carboxylic acids is 1. The second-order valence-electron chi connectivity index (χ2n) is 5.16. The number of ketones is 1. The third kappa shape index (κ3) is 3.14. The van der Waals surface area contributed by atoms with Gasteiger partial charge >= 0.3 is 0 Å². The van der Waals surface area contributed by atoms with Crippen LogP contribution in [-0.4, -0.2) is 5.78 Å². The van der Waals surface area contributed by atoms with E-state index in [-0.39, 0.29) is 11.8 Å². The van der Waals surface area contributed by atoms with Crippen LogP contribution in [-0.2, 0) is 0 Å². The van der Waals surface area contributed by atoms with Crippen molar-refractivity contribution >= 4 is 11.5 Å². The number of anilines is 1. The summed E-state index contributed by atoms with van der Waals surface area (Å²) in [6.07, 6.45) is 0. The predicted molar refractivity (Wildman–Crippen MR) is 81.4 cm³/mol. The van der Waals surface area contributed by atoms with Gasteiger partial charge in [-0.25, -0.2) is 0 Å². The van der Waals surface area contributed by atoms with Crippen LogP contribution in [0.25, 0.3) is 0 Å². The van der Waals surface area contributed by atoms with Crippen molar-refractivity contribution in [3.05, 3.63) is 52.5 Å². The Balaban J connectivity index is 2.34. The molecule has 1 heterocycles. The number of nitriles is 1. The number of hydrogen-bond donors (Lipinski definition) is 1. The molecule has 0 aliphatic heterocycles. The van der Waals surface area contributed by atoms with Gasteiger partial charge in [0.25, 0.3) is 0 Å². The number of furan rings is 1. The van der Waals surface area contributed by atoms with Crippen LogP contribution in [0.15, 0.2) is 28.7 Å². The zero-order valence-corrected chi connectivity index (χ0v) is 12.7. The molecule has 0 aliphatic rings. The molecule has 2 aromatic rings. The SMILES string of the molecule is CC(=O)c1ccc(C#N)c(NC(C)c2cc(C)oc2C)c1. The molecule has 1 unspecified atom stereocenters. The summed E-state index contributed by atoms with van der Waals surface area (Å²) in [7, 11) is 0. The number of nitrogens with zero attached hydrogens (tertiary/aromatic N) is 1. The fraction of sp³-hybridized carbons (Fsp3) is 0.294. The molecule has 4 heteroatoms. The number of carbonyl (C=O) groups is 1. The van der Waals surface area contributed by atoms with Gasteiger partial charge < -0.3 is 9.73 Å². The molecule has 0 saturated heterocycles. The number of aryl methyl sites for hydroxylation is 2. The Hall–Kier alpha value is -2.54. The molecule has 1 aromatic heterocycles. The van der Waals surface area contributed by atoms with E-state index in [0.717, 1.165) is 17.1 Å². The largest absolute Gasteiger partial charge is 0.466 e. The van der Waals surface area contributed by atoms with Crippen molar-refractivity contribution in [2.75, 3.05) is 5.32 Å². The summed E-state index contributed by atoms with van der Waals surface area (Å²) in [5.41, 5.74) is 2.81. The molecule has 1 N–H and O–H groups in total. The molecule has 1 aromatic carbocycles. The lowest BCUT2D eigenvalue weighted by molar-refractivity contribution is 0.101. The van der Waals surface area contributed by atoms with Crippen molar-refractivity contribution in [3.8, 4) is 6.07 Å². The summed E-state index contributed by atoms with van der Waals surface area (Å²) < 4.78 is 5.53. The molecule has 0 saturated carbocycles. The number of benzene rings is 1. The van der Waals surface area contributed by atoms with E-state index in [1.54, 1.807) is 18.2 Å². The van der Waals surface area contributed by atoms with Gasteiger partial charge in [-0.1, -0.05) is 0 Å². The van der Waals surface area contributed by atoms with Gasteiger partial charge in [0.05, 0.1) is 17.3 Å². The van der Waals surface area contributed by atoms with E-state index in [2.05, 4.69) is 11.4 Å². The maximum absolute atomic E-state index is 11.5. The lowest BCUT2D eigenvalue weighted by Gasteiger charge is -2.16. The Labute approximate surface area is 124 Å². The van der Waals surface area contributed by atoms with Crippen LogP contribution in [0.5, 0.6) is 0 Å². The van der Waals surface area contributed by atoms with E-state index in [1.165, 1.54) is 6.92 Å². The first-order chi connectivity index (χ1) is 9.92. The molecular formula is C17H18N2O2. The monoisotopic (exact) mass is 282 g/mol. The van der Waals surface area contributed by atoms with Crippen LogP contribution in [0.3, 0.4) is 0 Å². The minimum absolute atomic E-state index is 0.0169. The molecular weight excluding hydrogens is 264 g/mol. The molecule has 2 rings (SSSR count). The molecule has 0 fully saturated rings. The van der Waals surface area contributed by atoms with Gasteiger partial charge in [0.1, 0.15) is 17.6 Å². The van der Waals surface area contributed by atoms with E-state index in [0.29, 0.717) is 16.8 Å². The molecule has 0 amide bonds. The average Bonchev–Trinajstić information content (AvgIpc) is 2.77. The highest BCUT2D eigenvalue weighted by atomic mass is 16.3. The fourth-order valence-electron chi connectivity index (χ4n) is 2.37. The maximum Gasteiger partial charge on any atom is 0.159 e. The third-order valence-electron chi connectivity index (χ3n) is 3.46. The zero-order chi connectivity index (χ0) is 15.6. The number of Topliss-reactive ketones (excluding diaryl/α,β-unsaturated/α-hetero) is 1. The Morgan fingerprint density at radius 3 is 2.57 bits per heavy atom. The summed E-state index contributed by atoms with van der Waals surface area (Å²) in [6.45, 7) is 7.33. The second-order valence-corrected chi connectivity index (χ2v) is 5.16. The van der Waals surface area contributed by atoms with Crippen LogP contribution in [0.2, 0.25) is 0 Å². The van der Waals surface area contributed by atoms with Gasteiger partial charge in [-0.2, -0.15) is 5.26 Å². The number of rotatable bonds is 4. The van der Waals surface area contributed by atoms with Gasteiger partial charge in [0.15, 0.2) is 5.78 Å². The van der Waals surface area contributed by atoms with E-state index in [9.17, 15) is 10.1 Å². The highest BCUT2D eigenvalue weighted by molar-refractivity contribution is 5.95. The fourth-order valence-corrected chi connectivity index (χ4v) is 2.37. The standard InChI is InChI=1S/C17H18N2O2/c1-10-7-16(13(4)21-10)11(2)19-17-8-14(12(3)20)5-6-15(17)9-18/h5-8,11,19H,1-4H3. The minimum Gasteiger partial charge on any atom is -0.466 e. The van der Waals surface area contributed by atoms with Crippen LogP contribution < -0.4 is 5.32 Å². The van der Waals surface area contributed by atoms with Crippen molar-refractivity contribution in [2.45, 2.75) is 33.7 Å². The third-order valence-corrected chi connectivity index (χ3v) is 3.46. The highest BCUT2D eigenvalue weighted by Crippen LogP contribution is 2.27. The summed E-state index contributed by atoms with van der Waals surface area (Å²) >= 11 is 0. The van der Waals surface area contributed by atoms with Crippen molar-refractivity contribution in [1.29, 1.82) is 5.26 Å². The van der Waals surface area contributed by atoms with Crippen LogP contribution >= 0.6 is 0 Å². The topological polar surface area (TPSA) is 66.0 Å². The quantitative estimate of drug-likeness (QED) is 0.856. The lowest BCUT2D eigenvalue weighted by Crippen LogP contribution is -2.09. The van der Waals surface area contributed by atoms with Gasteiger partial charge in [0, 0.05) is 11.1 Å². The van der Waals surface area contributed by atoms with Crippen molar-refractivity contribution in [2.24, 2.45) is 0 Å². The summed E-state index contributed by atoms with van der Waals surface area (Å²) in [4.78, 5) is 11.5. The van der Waals surface area contributed by atoms with Crippen molar-refractivity contribution in [1.82, 2.24) is 0 Å². The Morgan fingerprint density at radius 1 is 1.33 bits per heavy atom. The number of nitrogens with one attached hydrogen (secondary N) is 1. The van der Waals surface area contributed by atoms with Crippen molar-refractivity contribution in [3.63, 3.8) is 0 Å². The molecule has 108 valence electrons. The van der Waals surface area contributed by atoms with Crippen LogP contribution in [0.4, 0.5) is 5.69 Å². The van der Waals surface area contributed by atoms with E-state index < -0.39 is 0 Å². The highest BCUT2D eigenvalue weighted by Gasteiger charge is 2.15. The lowest BCUT2D eigenvalue weighted by atomic mass is 10.0. The number of hydrogen-bond acceptors (Lipinski definition) is 4. The first kappa shape index (κ1) is 14.9. The van der Waals surface area contributed by atoms with Gasteiger partial charge in [-0.15, -0.1) is 0 Å². The smallest absolute Gasteiger partial charge is 0.159 e. The van der Waals surface area contributed by atoms with Crippen LogP contribution in [0.1, 0.15) is 52.9 Å². The van der Waals surface area contributed by atoms with E-state index >= 15 is 0 Å². The van der Waals surface area contributed by atoms with Crippen LogP contribution in [0, 0.1) is 25.2 Å². The minimum atomic E-state index is -0.0227. The van der Waals surface area contributed by atoms with E-state index in [4.69, 9.17) is 4.42 Å². The summed E-state index contributed by atoms with van der Waals surface area (Å²) in [5.74, 6) is 1.69. The Morgan fingerprint density at radius 2 is 2.05 bits per heavy atom.